The molecule has 2 heterocycles. The molecule has 0 saturated carbocycles. The van der Waals surface area contributed by atoms with Gasteiger partial charge in [0.25, 0.3) is 5.91 Å². The molecule has 0 aliphatic carbocycles. The van der Waals surface area contributed by atoms with Gasteiger partial charge in [-0.2, -0.15) is 0 Å². The monoisotopic (exact) mass is 376 g/mol. The lowest BCUT2D eigenvalue weighted by Gasteiger charge is -2.21. The van der Waals surface area contributed by atoms with Gasteiger partial charge in [-0.05, 0) is 49.7 Å². The van der Waals surface area contributed by atoms with Gasteiger partial charge in [-0.25, -0.2) is 9.97 Å². The fraction of sp³-hybridized carbons (Fsp3) is 0.190. The Hall–Kier alpha value is -3.61. The number of nitrogens with one attached hydrogen (secondary N) is 1. The number of fused-ring (bicyclic) bond motifs is 1. The number of nitrogens with zero attached hydrogens (tertiary/aromatic N) is 3. The minimum atomic E-state index is -0.177. The van der Waals surface area contributed by atoms with Gasteiger partial charge in [0.15, 0.2) is 11.5 Å². The Morgan fingerprint density at radius 1 is 1.14 bits per heavy atom. The summed E-state index contributed by atoms with van der Waals surface area (Å²) in [5.74, 6) is 1.52. The molecule has 4 rings (SSSR count). The van der Waals surface area contributed by atoms with Crippen molar-refractivity contribution in [2.75, 3.05) is 23.6 Å². The number of rotatable bonds is 5. The van der Waals surface area contributed by atoms with E-state index in [2.05, 4.69) is 15.3 Å². The van der Waals surface area contributed by atoms with E-state index in [0.29, 0.717) is 29.7 Å². The summed E-state index contributed by atoms with van der Waals surface area (Å²) in [6.45, 7) is 4.69. The Morgan fingerprint density at radius 3 is 2.82 bits per heavy atom. The van der Waals surface area contributed by atoms with Crippen LogP contribution in [0, 0.1) is 6.92 Å². The number of carbonyl (C=O) groups is 1. The van der Waals surface area contributed by atoms with Gasteiger partial charge in [-0.15, -0.1) is 0 Å². The van der Waals surface area contributed by atoms with Crippen LogP contribution in [0.4, 0.5) is 17.3 Å². The minimum Gasteiger partial charge on any atom is -0.454 e. The molecule has 0 saturated heterocycles. The molecule has 0 radical (unpaired) electrons. The predicted molar refractivity (Wildman–Crippen MR) is 106 cm³/mol. The minimum absolute atomic E-state index is 0.177. The van der Waals surface area contributed by atoms with Crippen molar-refractivity contribution in [1.29, 1.82) is 0 Å². The summed E-state index contributed by atoms with van der Waals surface area (Å²) in [6, 6.07) is 14.9. The lowest BCUT2D eigenvalue weighted by Crippen LogP contribution is -2.31. The van der Waals surface area contributed by atoms with E-state index in [1.165, 1.54) is 0 Å². The number of benzene rings is 2. The van der Waals surface area contributed by atoms with Crippen LogP contribution in [-0.2, 0) is 0 Å². The normalized spacial score (nSPS) is 11.9. The van der Waals surface area contributed by atoms with E-state index in [1.54, 1.807) is 17.2 Å². The first-order chi connectivity index (χ1) is 13.6. The van der Waals surface area contributed by atoms with Crippen LogP contribution in [0.1, 0.15) is 23.0 Å². The highest BCUT2D eigenvalue weighted by atomic mass is 16.7. The van der Waals surface area contributed by atoms with Gasteiger partial charge in [-0.1, -0.05) is 12.1 Å². The van der Waals surface area contributed by atoms with Gasteiger partial charge >= 0.3 is 0 Å². The Labute approximate surface area is 163 Å². The van der Waals surface area contributed by atoms with Crippen molar-refractivity contribution >= 4 is 23.2 Å². The topological polar surface area (TPSA) is 76.6 Å². The molecule has 7 nitrogen and oxygen atoms in total. The zero-order chi connectivity index (χ0) is 19.5. The van der Waals surface area contributed by atoms with Crippen LogP contribution < -0.4 is 19.7 Å². The molecule has 1 N–H and O–H groups in total. The molecule has 7 heteroatoms. The molecule has 142 valence electrons. The predicted octanol–water partition coefficient (Wildman–Crippen LogP) is 3.92. The van der Waals surface area contributed by atoms with Crippen molar-refractivity contribution in [3.05, 3.63) is 66.0 Å². The van der Waals surface area contributed by atoms with Crippen molar-refractivity contribution in [3.8, 4) is 11.5 Å². The van der Waals surface area contributed by atoms with Crippen molar-refractivity contribution < 1.29 is 14.3 Å². The zero-order valence-corrected chi connectivity index (χ0v) is 15.7. The van der Waals surface area contributed by atoms with E-state index in [0.717, 1.165) is 16.9 Å². The summed E-state index contributed by atoms with van der Waals surface area (Å²) in [7, 11) is 0. The SMILES string of the molecule is CCN(C(=O)c1ccnc(Nc2ccc3c(c2)OCO3)n1)c1cccc(C)c1. The van der Waals surface area contributed by atoms with Crippen molar-refractivity contribution in [3.63, 3.8) is 0 Å². The third-order valence-electron chi connectivity index (χ3n) is 4.38. The second-order valence-corrected chi connectivity index (χ2v) is 6.35. The molecule has 0 spiro atoms. The van der Waals surface area contributed by atoms with Crippen molar-refractivity contribution in [2.24, 2.45) is 0 Å². The number of carbonyl (C=O) groups excluding carboxylic acids is 1. The maximum Gasteiger partial charge on any atom is 0.277 e. The van der Waals surface area contributed by atoms with Gasteiger partial charge in [0.2, 0.25) is 12.7 Å². The molecular formula is C21H20N4O3. The molecule has 0 fully saturated rings. The van der Waals surface area contributed by atoms with Gasteiger partial charge in [0, 0.05) is 30.2 Å². The average Bonchev–Trinajstić information content (AvgIpc) is 3.17. The van der Waals surface area contributed by atoms with Crippen LogP contribution >= 0.6 is 0 Å². The third-order valence-corrected chi connectivity index (χ3v) is 4.38. The van der Waals surface area contributed by atoms with Crippen molar-refractivity contribution in [2.45, 2.75) is 13.8 Å². The fourth-order valence-corrected chi connectivity index (χ4v) is 3.02. The van der Waals surface area contributed by atoms with Crippen LogP contribution in [0.3, 0.4) is 0 Å². The number of aromatic nitrogens is 2. The van der Waals surface area contributed by atoms with Crippen LogP contribution in [-0.4, -0.2) is 29.2 Å². The summed E-state index contributed by atoms with van der Waals surface area (Å²) in [5.41, 5.74) is 3.01. The molecule has 2 aromatic carbocycles. The second kappa shape index (κ2) is 7.56. The molecule has 0 bridgehead atoms. The van der Waals surface area contributed by atoms with E-state index >= 15 is 0 Å². The van der Waals surface area contributed by atoms with E-state index < -0.39 is 0 Å². The van der Waals surface area contributed by atoms with Crippen LogP contribution in [0.5, 0.6) is 11.5 Å². The fourth-order valence-electron chi connectivity index (χ4n) is 3.02. The first kappa shape index (κ1) is 17.8. The number of anilines is 3. The number of hydrogen-bond acceptors (Lipinski definition) is 6. The number of ether oxygens (including phenoxy) is 2. The summed E-state index contributed by atoms with van der Waals surface area (Å²) in [5, 5.41) is 3.11. The highest BCUT2D eigenvalue weighted by Crippen LogP contribution is 2.34. The summed E-state index contributed by atoms with van der Waals surface area (Å²) in [6.07, 6.45) is 1.57. The molecule has 3 aromatic rings. The number of hydrogen-bond donors (Lipinski definition) is 1. The first-order valence-electron chi connectivity index (χ1n) is 9.02. The molecular weight excluding hydrogens is 356 g/mol. The Balaban J connectivity index is 1.56. The number of aryl methyl sites for hydroxylation is 1. The zero-order valence-electron chi connectivity index (χ0n) is 15.7. The molecule has 1 aliphatic heterocycles. The average molecular weight is 376 g/mol. The molecule has 0 unspecified atom stereocenters. The van der Waals surface area contributed by atoms with E-state index in [1.807, 2.05) is 56.3 Å². The summed E-state index contributed by atoms with van der Waals surface area (Å²) >= 11 is 0. The summed E-state index contributed by atoms with van der Waals surface area (Å²) < 4.78 is 10.7. The van der Waals surface area contributed by atoms with Crippen LogP contribution in [0.15, 0.2) is 54.7 Å². The molecule has 1 amide bonds. The smallest absolute Gasteiger partial charge is 0.277 e. The van der Waals surface area contributed by atoms with E-state index in [-0.39, 0.29) is 12.7 Å². The van der Waals surface area contributed by atoms with Gasteiger partial charge in [0.1, 0.15) is 5.69 Å². The quantitative estimate of drug-likeness (QED) is 0.727. The maximum absolute atomic E-state index is 13.0. The Kier molecular flexibility index (Phi) is 4.80. The summed E-state index contributed by atoms with van der Waals surface area (Å²) in [4.78, 5) is 23.3. The second-order valence-electron chi connectivity index (χ2n) is 6.35. The molecule has 1 aliphatic rings. The Morgan fingerprint density at radius 2 is 2.00 bits per heavy atom. The van der Waals surface area contributed by atoms with E-state index in [9.17, 15) is 4.79 Å². The standard InChI is InChI=1S/C21H20N4O3/c1-3-25(16-6-4-5-14(2)11-16)20(26)17-9-10-22-21(24-17)23-15-7-8-18-19(12-15)28-13-27-18/h4-12H,3,13H2,1-2H3,(H,22,23,24). The van der Waals surface area contributed by atoms with Crippen molar-refractivity contribution in [1.82, 2.24) is 9.97 Å². The lowest BCUT2D eigenvalue weighted by molar-refractivity contribution is 0.0983. The maximum atomic E-state index is 13.0. The lowest BCUT2D eigenvalue weighted by atomic mass is 10.2. The van der Waals surface area contributed by atoms with Gasteiger partial charge < -0.3 is 19.7 Å². The molecule has 0 atom stereocenters. The first-order valence-corrected chi connectivity index (χ1v) is 9.02. The van der Waals surface area contributed by atoms with Gasteiger partial charge in [0.05, 0.1) is 0 Å². The highest BCUT2D eigenvalue weighted by molar-refractivity contribution is 6.04. The third kappa shape index (κ3) is 3.59. The van der Waals surface area contributed by atoms with Crippen LogP contribution in [0.25, 0.3) is 0 Å². The molecule has 28 heavy (non-hydrogen) atoms. The van der Waals surface area contributed by atoms with Crippen LogP contribution in [0.2, 0.25) is 0 Å². The largest absolute Gasteiger partial charge is 0.454 e. The number of amides is 1. The van der Waals surface area contributed by atoms with Gasteiger partial charge in [-0.3, -0.25) is 4.79 Å². The van der Waals surface area contributed by atoms with E-state index in [4.69, 9.17) is 9.47 Å². The molecule has 1 aromatic heterocycles. The highest BCUT2D eigenvalue weighted by Gasteiger charge is 2.19. The Bertz CT molecular complexity index is 1020.